The highest BCUT2D eigenvalue weighted by atomic mass is 79.9. The highest BCUT2D eigenvalue weighted by Gasteiger charge is 2.37. The summed E-state index contributed by atoms with van der Waals surface area (Å²) < 4.78 is 7.29. The first-order chi connectivity index (χ1) is 9.66. The normalized spacial score (nSPS) is 20.4. The zero-order valence-electron chi connectivity index (χ0n) is 12.4. The number of rotatable bonds is 5. The Hall–Kier alpha value is -0.380. The molecule has 0 amide bonds. The predicted octanol–water partition coefficient (Wildman–Crippen LogP) is 4.45. The number of benzene rings is 1. The van der Waals surface area contributed by atoms with E-state index >= 15 is 0 Å². The molecule has 1 aromatic carbocycles. The van der Waals surface area contributed by atoms with Crippen LogP contribution >= 0.6 is 15.9 Å². The second-order valence-electron chi connectivity index (χ2n) is 5.85. The van der Waals surface area contributed by atoms with Crippen LogP contribution in [0.3, 0.4) is 0 Å². The quantitative estimate of drug-likeness (QED) is 0.804. The van der Waals surface area contributed by atoms with Gasteiger partial charge in [-0.25, -0.2) is 0 Å². The zero-order valence-corrected chi connectivity index (χ0v) is 14.0. The van der Waals surface area contributed by atoms with Gasteiger partial charge in [0.2, 0.25) is 0 Å². The molecule has 3 heteroatoms. The van der Waals surface area contributed by atoms with Crippen LogP contribution in [0.15, 0.2) is 28.7 Å². The maximum atomic E-state index is 6.57. The highest BCUT2D eigenvalue weighted by Crippen LogP contribution is 2.34. The van der Waals surface area contributed by atoms with Crippen molar-refractivity contribution in [2.24, 2.45) is 5.73 Å². The van der Waals surface area contributed by atoms with E-state index in [0.717, 1.165) is 30.3 Å². The number of hydrogen-bond donors (Lipinski definition) is 1. The molecular weight excluding hydrogens is 314 g/mol. The minimum absolute atomic E-state index is 0.0849. The summed E-state index contributed by atoms with van der Waals surface area (Å²) in [6, 6.07) is 8.56. The number of ether oxygens (including phenoxy) is 1. The van der Waals surface area contributed by atoms with Gasteiger partial charge in [-0.05, 0) is 43.9 Å². The van der Waals surface area contributed by atoms with Gasteiger partial charge in [-0.1, -0.05) is 53.7 Å². The second kappa shape index (κ2) is 7.58. The van der Waals surface area contributed by atoms with E-state index in [1.165, 1.54) is 31.2 Å². The van der Waals surface area contributed by atoms with Gasteiger partial charge in [0, 0.05) is 17.1 Å². The summed E-state index contributed by atoms with van der Waals surface area (Å²) in [5, 5.41) is 0. The van der Waals surface area contributed by atoms with Crippen molar-refractivity contribution in [1.29, 1.82) is 0 Å². The van der Waals surface area contributed by atoms with Gasteiger partial charge >= 0.3 is 0 Å². The van der Waals surface area contributed by atoms with Gasteiger partial charge in [-0.3, -0.25) is 0 Å². The Labute approximate surface area is 131 Å². The molecule has 1 unspecified atom stereocenters. The topological polar surface area (TPSA) is 35.2 Å². The van der Waals surface area contributed by atoms with Crippen molar-refractivity contribution in [2.45, 2.75) is 63.5 Å². The van der Waals surface area contributed by atoms with Gasteiger partial charge in [-0.15, -0.1) is 0 Å². The second-order valence-corrected chi connectivity index (χ2v) is 6.76. The molecule has 20 heavy (non-hydrogen) atoms. The van der Waals surface area contributed by atoms with E-state index < -0.39 is 0 Å². The van der Waals surface area contributed by atoms with Crippen LogP contribution < -0.4 is 5.73 Å². The number of hydrogen-bond acceptors (Lipinski definition) is 2. The first-order valence-electron chi connectivity index (χ1n) is 7.80. The summed E-state index contributed by atoms with van der Waals surface area (Å²) in [7, 11) is 0. The fourth-order valence-corrected chi connectivity index (χ4v) is 3.56. The van der Waals surface area contributed by atoms with E-state index in [1.54, 1.807) is 0 Å². The molecule has 1 aliphatic carbocycles. The summed E-state index contributed by atoms with van der Waals surface area (Å²) in [6.07, 6.45) is 8.24. The van der Waals surface area contributed by atoms with Gasteiger partial charge in [0.25, 0.3) is 0 Å². The van der Waals surface area contributed by atoms with Crippen molar-refractivity contribution < 1.29 is 4.74 Å². The van der Waals surface area contributed by atoms with Crippen molar-refractivity contribution in [3.05, 3.63) is 34.3 Å². The number of nitrogens with two attached hydrogens (primary N) is 1. The molecule has 0 spiro atoms. The molecule has 1 atom stereocenters. The van der Waals surface area contributed by atoms with Crippen LogP contribution in [0.2, 0.25) is 0 Å². The average molecular weight is 340 g/mol. The summed E-state index contributed by atoms with van der Waals surface area (Å²) in [5.41, 5.74) is 7.75. The molecule has 1 saturated carbocycles. The van der Waals surface area contributed by atoms with Crippen LogP contribution in [0.5, 0.6) is 0 Å². The van der Waals surface area contributed by atoms with Gasteiger partial charge in [0.15, 0.2) is 0 Å². The molecule has 0 saturated heterocycles. The Balaban J connectivity index is 2.09. The van der Waals surface area contributed by atoms with Crippen LogP contribution in [0.4, 0.5) is 0 Å². The zero-order chi connectivity index (χ0) is 14.4. The Morgan fingerprint density at radius 1 is 1.15 bits per heavy atom. The summed E-state index contributed by atoms with van der Waals surface area (Å²) >= 11 is 3.48. The van der Waals surface area contributed by atoms with E-state index in [9.17, 15) is 0 Å². The van der Waals surface area contributed by atoms with E-state index in [-0.39, 0.29) is 11.6 Å². The van der Waals surface area contributed by atoms with Crippen LogP contribution in [0.25, 0.3) is 0 Å². The van der Waals surface area contributed by atoms with E-state index in [4.69, 9.17) is 10.5 Å². The fourth-order valence-electron chi connectivity index (χ4n) is 3.30. The Kier molecular flexibility index (Phi) is 6.06. The van der Waals surface area contributed by atoms with Gasteiger partial charge in [0.05, 0.1) is 5.60 Å². The first-order valence-corrected chi connectivity index (χ1v) is 8.59. The maximum absolute atomic E-state index is 6.57. The molecule has 0 radical (unpaired) electrons. The Morgan fingerprint density at radius 2 is 1.75 bits per heavy atom. The molecule has 2 nitrogen and oxygen atoms in total. The van der Waals surface area contributed by atoms with Crippen molar-refractivity contribution in [2.75, 3.05) is 6.61 Å². The third-order valence-corrected chi connectivity index (χ3v) is 4.95. The monoisotopic (exact) mass is 339 g/mol. The van der Waals surface area contributed by atoms with Crippen molar-refractivity contribution in [3.8, 4) is 0 Å². The largest absolute Gasteiger partial charge is 0.374 e. The lowest BCUT2D eigenvalue weighted by molar-refractivity contribution is -0.0683. The lowest BCUT2D eigenvalue weighted by Crippen LogP contribution is -2.51. The van der Waals surface area contributed by atoms with Crippen molar-refractivity contribution in [1.82, 2.24) is 0 Å². The van der Waals surface area contributed by atoms with Gasteiger partial charge < -0.3 is 10.5 Å². The molecular formula is C17H26BrNO. The first kappa shape index (κ1) is 16.0. The van der Waals surface area contributed by atoms with Gasteiger partial charge in [-0.2, -0.15) is 0 Å². The van der Waals surface area contributed by atoms with Crippen LogP contribution in [-0.2, 0) is 11.2 Å². The minimum atomic E-state index is -0.113. The third-order valence-electron chi connectivity index (χ3n) is 4.43. The maximum Gasteiger partial charge on any atom is 0.0835 e. The molecule has 1 aliphatic rings. The highest BCUT2D eigenvalue weighted by molar-refractivity contribution is 9.10. The molecule has 0 aromatic heterocycles. The molecule has 0 aliphatic heterocycles. The third kappa shape index (κ3) is 4.06. The number of halogens is 1. The molecule has 0 heterocycles. The Bertz CT molecular complexity index is 396. The minimum Gasteiger partial charge on any atom is -0.374 e. The Morgan fingerprint density at radius 3 is 2.30 bits per heavy atom. The van der Waals surface area contributed by atoms with E-state index in [2.05, 4.69) is 47.1 Å². The van der Waals surface area contributed by atoms with Crippen molar-refractivity contribution >= 4 is 15.9 Å². The van der Waals surface area contributed by atoms with Crippen LogP contribution in [-0.4, -0.2) is 18.2 Å². The molecule has 1 fully saturated rings. The van der Waals surface area contributed by atoms with E-state index in [0.29, 0.717) is 0 Å². The summed E-state index contributed by atoms with van der Waals surface area (Å²) in [5.74, 6) is 0. The smallest absolute Gasteiger partial charge is 0.0835 e. The standard InChI is InChI=1S/C17H26BrNO/c1-2-20-17(11-5-3-4-6-12-17)16(19)13-14-7-9-15(18)10-8-14/h7-10,16H,2-6,11-13,19H2,1H3. The lowest BCUT2D eigenvalue weighted by atomic mass is 9.83. The van der Waals surface area contributed by atoms with Crippen LogP contribution in [0.1, 0.15) is 51.0 Å². The average Bonchev–Trinajstić information content (AvgIpc) is 2.68. The SMILES string of the molecule is CCOC1(C(N)Cc2ccc(Br)cc2)CCCCCC1. The predicted molar refractivity (Wildman–Crippen MR) is 87.9 cm³/mol. The lowest BCUT2D eigenvalue weighted by Gasteiger charge is -2.38. The van der Waals surface area contributed by atoms with Gasteiger partial charge in [0.1, 0.15) is 0 Å². The fraction of sp³-hybridized carbons (Fsp3) is 0.647. The van der Waals surface area contributed by atoms with Crippen molar-refractivity contribution in [3.63, 3.8) is 0 Å². The van der Waals surface area contributed by atoms with E-state index in [1.807, 2.05) is 0 Å². The summed E-state index contributed by atoms with van der Waals surface area (Å²) in [4.78, 5) is 0. The summed E-state index contributed by atoms with van der Waals surface area (Å²) in [6.45, 7) is 2.84. The molecule has 0 bridgehead atoms. The molecule has 112 valence electrons. The molecule has 2 N–H and O–H groups in total. The molecule has 2 rings (SSSR count). The van der Waals surface area contributed by atoms with Crippen LogP contribution in [0, 0.1) is 0 Å². The molecule has 1 aromatic rings.